The van der Waals surface area contributed by atoms with Crippen molar-refractivity contribution in [3.8, 4) is 0 Å². The number of aryl methyl sites for hydroxylation is 1. The van der Waals surface area contributed by atoms with Gasteiger partial charge in [-0.15, -0.1) is 0 Å². The maximum atomic E-state index is 14.0. The van der Waals surface area contributed by atoms with Crippen LogP contribution in [-0.4, -0.2) is 30.4 Å². The molecule has 18 heavy (non-hydrogen) atoms. The number of nitrogens with two attached hydrogens (primary N) is 1. The Morgan fingerprint density at radius 1 is 1.44 bits per heavy atom. The van der Waals surface area contributed by atoms with Crippen LogP contribution in [0.4, 0.5) is 4.39 Å². The first kappa shape index (κ1) is 13.0. The predicted octanol–water partition coefficient (Wildman–Crippen LogP) is 2.18. The minimum Gasteiger partial charge on any atom is -0.357 e. The Labute approximate surface area is 108 Å². The Balaban J connectivity index is 2.40. The van der Waals surface area contributed by atoms with E-state index in [1.807, 2.05) is 13.8 Å². The highest BCUT2D eigenvalue weighted by Gasteiger charge is 2.26. The molecule has 0 aliphatic carbocycles. The molecule has 1 aliphatic heterocycles. The minimum absolute atomic E-state index is 0.240. The van der Waals surface area contributed by atoms with Gasteiger partial charge in [0.25, 0.3) is 0 Å². The van der Waals surface area contributed by atoms with Gasteiger partial charge in [-0.2, -0.15) is 0 Å². The van der Waals surface area contributed by atoms with Gasteiger partial charge < -0.3 is 10.6 Å². The van der Waals surface area contributed by atoms with Crippen molar-refractivity contribution in [2.24, 2.45) is 10.7 Å². The molecule has 1 heterocycles. The molecule has 4 heteroatoms. The van der Waals surface area contributed by atoms with E-state index >= 15 is 0 Å². The number of hydrogen-bond donors (Lipinski definition) is 1. The molecule has 0 amide bonds. The van der Waals surface area contributed by atoms with E-state index in [2.05, 4.69) is 16.8 Å². The summed E-state index contributed by atoms with van der Waals surface area (Å²) < 4.78 is 14.0. The topological polar surface area (TPSA) is 41.6 Å². The van der Waals surface area contributed by atoms with Gasteiger partial charge >= 0.3 is 0 Å². The molecule has 1 aromatic carbocycles. The summed E-state index contributed by atoms with van der Waals surface area (Å²) in [6, 6.07) is 2.81. The molecule has 1 aliphatic rings. The molecule has 0 spiro atoms. The van der Waals surface area contributed by atoms with Crippen LogP contribution in [0.15, 0.2) is 17.1 Å². The fourth-order valence-corrected chi connectivity index (χ4v) is 2.43. The van der Waals surface area contributed by atoms with Gasteiger partial charge in [-0.25, -0.2) is 4.39 Å². The van der Waals surface area contributed by atoms with E-state index < -0.39 is 6.04 Å². The van der Waals surface area contributed by atoms with Gasteiger partial charge in [0.15, 0.2) is 0 Å². The van der Waals surface area contributed by atoms with Crippen molar-refractivity contribution in [3.05, 3.63) is 34.6 Å². The van der Waals surface area contributed by atoms with E-state index in [4.69, 9.17) is 5.73 Å². The first-order chi connectivity index (χ1) is 8.56. The Bertz CT molecular complexity index is 482. The maximum absolute atomic E-state index is 14.0. The maximum Gasteiger partial charge on any atom is 0.128 e. The number of benzene rings is 1. The second kappa shape index (κ2) is 5.06. The molecule has 0 radical (unpaired) electrons. The molecule has 98 valence electrons. The summed E-state index contributed by atoms with van der Waals surface area (Å²) >= 11 is 0. The van der Waals surface area contributed by atoms with Crippen molar-refractivity contribution in [2.75, 3.05) is 19.6 Å². The number of nitrogens with zero attached hydrogens (tertiary/aromatic N) is 2. The van der Waals surface area contributed by atoms with Crippen LogP contribution in [0.2, 0.25) is 0 Å². The number of amidine groups is 1. The average Bonchev–Trinajstić information content (AvgIpc) is 2.82. The molecule has 3 nitrogen and oxygen atoms in total. The first-order valence-corrected chi connectivity index (χ1v) is 6.36. The molecule has 0 bridgehead atoms. The van der Waals surface area contributed by atoms with Crippen LogP contribution in [-0.2, 0) is 0 Å². The van der Waals surface area contributed by atoms with Gasteiger partial charge in [-0.1, -0.05) is 6.07 Å². The van der Waals surface area contributed by atoms with Gasteiger partial charge in [0.2, 0.25) is 0 Å². The second-order valence-electron chi connectivity index (χ2n) is 4.70. The van der Waals surface area contributed by atoms with Gasteiger partial charge in [0.05, 0.1) is 12.6 Å². The van der Waals surface area contributed by atoms with Crippen LogP contribution in [0.5, 0.6) is 0 Å². The standard InChI is InChI=1S/C14H20FN3/c1-4-18-8-7-17-14(18)13(16)12-10(3)9(2)5-6-11(12)15/h5-6,13H,4,7-8,16H2,1-3H3. The first-order valence-electron chi connectivity index (χ1n) is 6.36. The van der Waals surface area contributed by atoms with Crippen LogP contribution in [0.3, 0.4) is 0 Å². The van der Waals surface area contributed by atoms with Gasteiger partial charge in [0, 0.05) is 18.7 Å². The summed E-state index contributed by atoms with van der Waals surface area (Å²) in [7, 11) is 0. The third kappa shape index (κ3) is 2.12. The zero-order valence-electron chi connectivity index (χ0n) is 11.2. The summed E-state index contributed by atoms with van der Waals surface area (Å²) in [5.74, 6) is 0.571. The lowest BCUT2D eigenvalue weighted by molar-refractivity contribution is 0.465. The second-order valence-corrected chi connectivity index (χ2v) is 4.70. The molecule has 0 saturated carbocycles. The fourth-order valence-electron chi connectivity index (χ4n) is 2.43. The molecule has 1 unspecified atom stereocenters. The highest BCUT2D eigenvalue weighted by atomic mass is 19.1. The SMILES string of the molecule is CCN1CCN=C1C(N)c1c(F)ccc(C)c1C. The summed E-state index contributed by atoms with van der Waals surface area (Å²) in [6.45, 7) is 8.44. The van der Waals surface area contributed by atoms with E-state index in [0.29, 0.717) is 5.56 Å². The molecule has 0 fully saturated rings. The number of likely N-dealkylation sites (N-methyl/N-ethyl adjacent to an activating group) is 1. The fraction of sp³-hybridized carbons (Fsp3) is 0.500. The Morgan fingerprint density at radius 2 is 2.17 bits per heavy atom. The predicted molar refractivity (Wildman–Crippen MR) is 72.4 cm³/mol. The van der Waals surface area contributed by atoms with E-state index in [1.165, 1.54) is 6.07 Å². The number of aliphatic imine (C=N–C) groups is 1. The largest absolute Gasteiger partial charge is 0.357 e. The molecule has 0 saturated heterocycles. The third-order valence-corrected chi connectivity index (χ3v) is 3.67. The summed E-state index contributed by atoms with van der Waals surface area (Å²) in [5, 5.41) is 0. The number of hydrogen-bond acceptors (Lipinski definition) is 3. The van der Waals surface area contributed by atoms with Crippen LogP contribution in [0.25, 0.3) is 0 Å². The van der Waals surface area contributed by atoms with Crippen LogP contribution in [0.1, 0.15) is 29.7 Å². The lowest BCUT2D eigenvalue weighted by atomic mass is 9.96. The number of halogens is 1. The Hall–Kier alpha value is -1.42. The Kier molecular flexibility index (Phi) is 3.66. The van der Waals surface area contributed by atoms with Gasteiger partial charge in [-0.3, -0.25) is 4.99 Å². The molecule has 0 aromatic heterocycles. The van der Waals surface area contributed by atoms with Gasteiger partial charge in [-0.05, 0) is 38.0 Å². The normalized spacial score (nSPS) is 16.9. The van der Waals surface area contributed by atoms with E-state index in [1.54, 1.807) is 6.07 Å². The summed E-state index contributed by atoms with van der Waals surface area (Å²) in [5.41, 5.74) is 8.79. The molecule has 1 atom stereocenters. The smallest absolute Gasteiger partial charge is 0.128 e. The van der Waals surface area contributed by atoms with Crippen LogP contribution in [0, 0.1) is 19.7 Å². The van der Waals surface area contributed by atoms with Crippen molar-refractivity contribution in [1.82, 2.24) is 4.90 Å². The lowest BCUT2D eigenvalue weighted by Gasteiger charge is -2.24. The van der Waals surface area contributed by atoms with E-state index in [9.17, 15) is 4.39 Å². The van der Waals surface area contributed by atoms with Gasteiger partial charge in [0.1, 0.15) is 11.7 Å². The quantitative estimate of drug-likeness (QED) is 0.892. The highest BCUT2D eigenvalue weighted by Crippen LogP contribution is 2.25. The lowest BCUT2D eigenvalue weighted by Crippen LogP contribution is -2.36. The molecular formula is C14H20FN3. The Morgan fingerprint density at radius 3 is 2.83 bits per heavy atom. The van der Waals surface area contributed by atoms with Crippen molar-refractivity contribution in [3.63, 3.8) is 0 Å². The number of rotatable bonds is 3. The summed E-state index contributed by atoms with van der Waals surface area (Å²) in [4.78, 5) is 6.54. The monoisotopic (exact) mass is 249 g/mol. The van der Waals surface area contributed by atoms with E-state index in [0.717, 1.165) is 36.6 Å². The third-order valence-electron chi connectivity index (χ3n) is 3.67. The van der Waals surface area contributed by atoms with Crippen molar-refractivity contribution >= 4 is 5.84 Å². The minimum atomic E-state index is -0.465. The highest BCUT2D eigenvalue weighted by molar-refractivity contribution is 5.90. The van der Waals surface area contributed by atoms with E-state index in [-0.39, 0.29) is 5.82 Å². The zero-order valence-corrected chi connectivity index (χ0v) is 11.2. The molecular weight excluding hydrogens is 229 g/mol. The van der Waals surface area contributed by atoms with Crippen LogP contribution >= 0.6 is 0 Å². The zero-order chi connectivity index (χ0) is 13.3. The van der Waals surface area contributed by atoms with Crippen molar-refractivity contribution in [2.45, 2.75) is 26.8 Å². The molecule has 1 aromatic rings. The molecule has 2 rings (SSSR count). The van der Waals surface area contributed by atoms with Crippen molar-refractivity contribution in [1.29, 1.82) is 0 Å². The van der Waals surface area contributed by atoms with Crippen molar-refractivity contribution < 1.29 is 4.39 Å². The van der Waals surface area contributed by atoms with Crippen LogP contribution < -0.4 is 5.73 Å². The summed E-state index contributed by atoms with van der Waals surface area (Å²) in [6.07, 6.45) is 0. The average molecular weight is 249 g/mol. The molecule has 2 N–H and O–H groups in total.